The van der Waals surface area contributed by atoms with Crippen molar-refractivity contribution in [3.63, 3.8) is 0 Å². The van der Waals surface area contributed by atoms with Gasteiger partial charge in [-0.15, -0.1) is 0 Å². The average molecular weight is 284 g/mol. The van der Waals surface area contributed by atoms with Crippen LogP contribution < -0.4 is 9.47 Å². The van der Waals surface area contributed by atoms with Crippen LogP contribution in [0.1, 0.15) is 23.7 Å². The van der Waals surface area contributed by atoms with Crippen molar-refractivity contribution in [3.8, 4) is 11.5 Å². The van der Waals surface area contributed by atoms with Crippen molar-refractivity contribution in [1.82, 2.24) is 0 Å². The Labute approximate surface area is 118 Å². The molecule has 0 fully saturated rings. The molecular weight excluding hydrogens is 264 g/mol. The van der Waals surface area contributed by atoms with E-state index in [2.05, 4.69) is 0 Å². The number of carbonyl (C=O) groups is 1. The minimum atomic E-state index is -0.587. The van der Waals surface area contributed by atoms with E-state index in [0.29, 0.717) is 23.5 Å². The van der Waals surface area contributed by atoms with Crippen molar-refractivity contribution < 1.29 is 28.8 Å². The molecule has 1 rings (SSSR count). The molecule has 1 aromatic rings. The molecule has 0 heterocycles. The van der Waals surface area contributed by atoms with E-state index in [1.165, 1.54) is 20.3 Å². The maximum Gasteiger partial charge on any atom is 0.373 e. The zero-order valence-corrected chi connectivity index (χ0v) is 12.2. The first-order valence-electron chi connectivity index (χ1n) is 6.21. The smallest absolute Gasteiger partial charge is 0.373 e. The van der Waals surface area contributed by atoms with Gasteiger partial charge < -0.3 is 14.2 Å². The molecule has 0 saturated heterocycles. The molecule has 0 aliphatic heterocycles. The average Bonchev–Trinajstić information content (AvgIpc) is 2.50. The van der Waals surface area contributed by atoms with Crippen molar-refractivity contribution in [2.24, 2.45) is 0 Å². The van der Waals surface area contributed by atoms with Gasteiger partial charge in [-0.05, 0) is 25.1 Å². The fourth-order valence-electron chi connectivity index (χ4n) is 1.44. The predicted octanol–water partition coefficient (Wildman–Crippen LogP) is 2.22. The summed E-state index contributed by atoms with van der Waals surface area (Å²) in [5.74, 6) is 0.407. The Bertz CT molecular complexity index is 432. The molecule has 20 heavy (non-hydrogen) atoms. The van der Waals surface area contributed by atoms with Gasteiger partial charge in [-0.1, -0.05) is 0 Å². The van der Waals surface area contributed by atoms with E-state index >= 15 is 0 Å². The maximum atomic E-state index is 11.8. The second-order valence-electron chi connectivity index (χ2n) is 4.10. The third-order valence-corrected chi connectivity index (χ3v) is 2.76. The van der Waals surface area contributed by atoms with E-state index in [-0.39, 0.29) is 12.7 Å². The molecule has 6 nitrogen and oxygen atoms in total. The lowest BCUT2D eigenvalue weighted by atomic mass is 10.2. The van der Waals surface area contributed by atoms with Crippen LogP contribution in [0.25, 0.3) is 0 Å². The molecule has 112 valence electrons. The van der Waals surface area contributed by atoms with E-state index in [0.717, 1.165) is 0 Å². The summed E-state index contributed by atoms with van der Waals surface area (Å²) in [6, 6.07) is 4.73. The van der Waals surface area contributed by atoms with Crippen LogP contribution in [0.2, 0.25) is 0 Å². The van der Waals surface area contributed by atoms with Crippen LogP contribution in [-0.2, 0) is 14.5 Å². The summed E-state index contributed by atoms with van der Waals surface area (Å²) in [5, 5.41) is 0. The number of hydrogen-bond acceptors (Lipinski definition) is 6. The number of rotatable bonds is 8. The number of carbonyl (C=O) groups excluding carboxylic acids is 1. The molecule has 0 aliphatic carbocycles. The van der Waals surface area contributed by atoms with Crippen molar-refractivity contribution >= 4 is 5.97 Å². The summed E-state index contributed by atoms with van der Waals surface area (Å²) in [5.41, 5.74) is 0.322. The van der Waals surface area contributed by atoms with Gasteiger partial charge in [0.25, 0.3) is 0 Å². The van der Waals surface area contributed by atoms with E-state index in [1.54, 1.807) is 19.2 Å². The molecule has 1 unspecified atom stereocenters. The first kappa shape index (κ1) is 16.3. The summed E-state index contributed by atoms with van der Waals surface area (Å²) in [6.07, 6.45) is 0.685. The van der Waals surface area contributed by atoms with Crippen LogP contribution >= 0.6 is 0 Å². The first-order chi connectivity index (χ1) is 9.62. The van der Waals surface area contributed by atoms with Gasteiger partial charge >= 0.3 is 5.97 Å². The third-order valence-electron chi connectivity index (χ3n) is 2.76. The van der Waals surface area contributed by atoms with Crippen LogP contribution in [0, 0.1) is 0 Å². The monoisotopic (exact) mass is 284 g/mol. The fourth-order valence-corrected chi connectivity index (χ4v) is 1.44. The molecule has 0 radical (unpaired) electrons. The van der Waals surface area contributed by atoms with E-state index in [1.807, 2.05) is 6.92 Å². The highest BCUT2D eigenvalue weighted by Crippen LogP contribution is 2.27. The highest BCUT2D eigenvalue weighted by Gasteiger charge is 2.13. The molecule has 0 N–H and O–H groups in total. The molecule has 0 saturated carbocycles. The molecule has 0 spiro atoms. The molecule has 0 bridgehead atoms. The Balaban J connectivity index is 2.51. The van der Waals surface area contributed by atoms with Crippen molar-refractivity contribution in [2.45, 2.75) is 19.4 Å². The molecule has 6 heteroatoms. The van der Waals surface area contributed by atoms with Gasteiger partial charge in [0.2, 0.25) is 0 Å². The van der Waals surface area contributed by atoms with Gasteiger partial charge in [0.15, 0.2) is 11.5 Å². The third kappa shape index (κ3) is 4.71. The normalized spacial score (nSPS) is 11.8. The predicted molar refractivity (Wildman–Crippen MR) is 72.0 cm³/mol. The molecule has 1 aromatic carbocycles. The lowest BCUT2D eigenvalue weighted by Gasteiger charge is -2.10. The largest absolute Gasteiger partial charge is 0.493 e. The molecule has 0 aliphatic rings. The van der Waals surface area contributed by atoms with Gasteiger partial charge in [0, 0.05) is 13.5 Å². The maximum absolute atomic E-state index is 11.8. The quantitative estimate of drug-likeness (QED) is 0.414. The molecule has 1 atom stereocenters. The second kappa shape index (κ2) is 8.39. The van der Waals surface area contributed by atoms with Crippen molar-refractivity contribution in [3.05, 3.63) is 23.8 Å². The van der Waals surface area contributed by atoms with Gasteiger partial charge in [-0.3, -0.25) is 4.89 Å². The Hall–Kier alpha value is -1.79. The Morgan fingerprint density at radius 1 is 1.15 bits per heavy atom. The zero-order chi connectivity index (χ0) is 15.0. The van der Waals surface area contributed by atoms with E-state index in [9.17, 15) is 4.79 Å². The second-order valence-corrected chi connectivity index (χ2v) is 4.10. The number of hydrogen-bond donors (Lipinski definition) is 0. The summed E-state index contributed by atoms with van der Waals surface area (Å²) >= 11 is 0. The van der Waals surface area contributed by atoms with Crippen molar-refractivity contribution in [2.75, 3.05) is 27.9 Å². The first-order valence-corrected chi connectivity index (χ1v) is 6.21. The minimum absolute atomic E-state index is 0.0507. The zero-order valence-electron chi connectivity index (χ0n) is 12.2. The molecule has 0 aromatic heterocycles. The number of methoxy groups -OCH3 is 3. The van der Waals surface area contributed by atoms with Crippen LogP contribution in [0.15, 0.2) is 18.2 Å². The van der Waals surface area contributed by atoms with Crippen LogP contribution in [0.4, 0.5) is 0 Å². The number of ether oxygens (including phenoxy) is 3. The van der Waals surface area contributed by atoms with Crippen molar-refractivity contribution in [1.29, 1.82) is 0 Å². The van der Waals surface area contributed by atoms with E-state index in [4.69, 9.17) is 24.0 Å². The Morgan fingerprint density at radius 3 is 2.45 bits per heavy atom. The molecular formula is C14H20O6. The lowest BCUT2D eigenvalue weighted by Crippen LogP contribution is -2.12. The Kier molecular flexibility index (Phi) is 6.83. The standard InChI is InChI=1S/C14H20O6/c1-10(16-2)7-8-19-20-14(15)11-5-6-12(17-3)13(9-11)18-4/h5-6,9-10H,7-8H2,1-4H3. The lowest BCUT2D eigenvalue weighted by molar-refractivity contribution is -0.244. The van der Waals surface area contributed by atoms with Gasteiger partial charge in [-0.2, -0.15) is 4.89 Å². The highest BCUT2D eigenvalue weighted by molar-refractivity contribution is 5.89. The van der Waals surface area contributed by atoms with Crippen LogP contribution in [0.5, 0.6) is 11.5 Å². The highest BCUT2D eigenvalue weighted by atomic mass is 17.2. The van der Waals surface area contributed by atoms with E-state index < -0.39 is 5.97 Å². The van der Waals surface area contributed by atoms with Gasteiger partial charge in [-0.25, -0.2) is 4.79 Å². The SMILES string of the molecule is COc1ccc(C(=O)OOCCC(C)OC)cc1OC. The summed E-state index contributed by atoms with van der Waals surface area (Å²) in [7, 11) is 4.63. The fraction of sp³-hybridized carbons (Fsp3) is 0.500. The number of benzene rings is 1. The topological polar surface area (TPSA) is 63.2 Å². The minimum Gasteiger partial charge on any atom is -0.493 e. The molecule has 0 amide bonds. The van der Waals surface area contributed by atoms with Crippen LogP contribution in [-0.4, -0.2) is 40.0 Å². The Morgan fingerprint density at radius 2 is 1.85 bits per heavy atom. The van der Waals surface area contributed by atoms with Gasteiger partial charge in [0.1, 0.15) is 0 Å². The summed E-state index contributed by atoms with van der Waals surface area (Å²) in [6.45, 7) is 2.17. The summed E-state index contributed by atoms with van der Waals surface area (Å²) < 4.78 is 15.2. The van der Waals surface area contributed by atoms with Gasteiger partial charge in [0.05, 0.1) is 32.5 Å². The summed E-state index contributed by atoms with van der Waals surface area (Å²) in [4.78, 5) is 21.3. The van der Waals surface area contributed by atoms with Crippen LogP contribution in [0.3, 0.4) is 0 Å².